The van der Waals surface area contributed by atoms with Gasteiger partial charge in [-0.05, 0) is 32.0 Å². The molecule has 0 radical (unpaired) electrons. The first-order chi connectivity index (χ1) is 15.9. The number of phenols is 1. The van der Waals surface area contributed by atoms with Crippen molar-refractivity contribution in [1.29, 1.82) is 0 Å². The van der Waals surface area contributed by atoms with Gasteiger partial charge in [-0.25, -0.2) is 0 Å². The van der Waals surface area contributed by atoms with E-state index in [1.807, 2.05) is 0 Å². The molecule has 0 spiro atoms. The van der Waals surface area contributed by atoms with E-state index in [4.69, 9.17) is 5.73 Å². The Kier molecular flexibility index (Phi) is 5.96. The van der Waals surface area contributed by atoms with Crippen LogP contribution in [0, 0.1) is 23.7 Å². The van der Waals surface area contributed by atoms with Crippen LogP contribution in [0.2, 0.25) is 0 Å². The molecule has 0 aromatic heterocycles. The van der Waals surface area contributed by atoms with Crippen molar-refractivity contribution in [2.45, 2.75) is 23.7 Å². The van der Waals surface area contributed by atoms with Crippen LogP contribution in [0.5, 0.6) is 5.75 Å². The molecular formula is C23H26N2O8S. The van der Waals surface area contributed by atoms with Crippen molar-refractivity contribution in [1.82, 2.24) is 4.90 Å². The highest BCUT2D eigenvalue weighted by molar-refractivity contribution is 7.98. The fraction of sp³-hybridized carbons (Fsp3) is 0.522. The molecule has 4 rings (SSSR count). The van der Waals surface area contributed by atoms with E-state index in [9.17, 15) is 39.3 Å². The van der Waals surface area contributed by atoms with Crippen LogP contribution in [-0.4, -0.2) is 93.1 Å². The summed E-state index contributed by atoms with van der Waals surface area (Å²) in [5.41, 5.74) is 2.66. The minimum Gasteiger partial charge on any atom is -0.507 e. The van der Waals surface area contributed by atoms with E-state index in [1.165, 1.54) is 36.8 Å². The number of thioether (sulfide) groups is 1. The second-order valence-corrected chi connectivity index (χ2v) is 10.3. The lowest BCUT2D eigenvalue weighted by Crippen LogP contribution is -2.77. The number of primary amides is 1. The quantitative estimate of drug-likeness (QED) is 0.373. The molecular weight excluding hydrogens is 464 g/mol. The van der Waals surface area contributed by atoms with Gasteiger partial charge in [0.2, 0.25) is 5.91 Å². The number of amides is 1. The number of carbonyl (C=O) groups excluding carboxylic acids is 5. The van der Waals surface area contributed by atoms with Crippen LogP contribution in [0.4, 0.5) is 0 Å². The Morgan fingerprint density at radius 3 is 2.38 bits per heavy atom. The van der Waals surface area contributed by atoms with E-state index in [-0.39, 0.29) is 11.3 Å². The largest absolute Gasteiger partial charge is 0.507 e. The Morgan fingerprint density at radius 2 is 1.82 bits per heavy atom. The highest BCUT2D eigenvalue weighted by Gasteiger charge is 2.73. The third kappa shape index (κ3) is 3.03. The molecule has 0 bridgehead atoms. The molecule has 182 valence electrons. The van der Waals surface area contributed by atoms with Crippen molar-refractivity contribution < 1.29 is 39.3 Å². The van der Waals surface area contributed by atoms with E-state index < -0.39 is 76.4 Å². The van der Waals surface area contributed by atoms with Gasteiger partial charge in [0.25, 0.3) is 0 Å². The first kappa shape index (κ1) is 24.5. The molecule has 1 aromatic carbocycles. The summed E-state index contributed by atoms with van der Waals surface area (Å²) >= 11 is 1.40. The molecule has 1 amide bonds. The number of nitrogens with zero attached hydrogens (tertiary/aromatic N) is 1. The molecule has 10 nitrogen and oxygen atoms in total. The van der Waals surface area contributed by atoms with Crippen LogP contribution in [0.15, 0.2) is 18.2 Å². The zero-order valence-corrected chi connectivity index (χ0v) is 19.6. The Balaban J connectivity index is 1.98. The number of phenolic OH excluding ortho intramolecular Hbond substituents is 1. The summed E-state index contributed by atoms with van der Waals surface area (Å²) in [5, 5.41) is 33.6. The Labute approximate surface area is 199 Å². The second-order valence-electron chi connectivity index (χ2n) is 9.38. The molecule has 3 aliphatic carbocycles. The maximum Gasteiger partial charge on any atom is 0.235 e. The first-order valence-electron chi connectivity index (χ1n) is 10.7. The molecule has 11 heteroatoms. The van der Waals surface area contributed by atoms with Crippen molar-refractivity contribution in [2.75, 3.05) is 26.1 Å². The molecule has 2 fully saturated rings. The predicted molar refractivity (Wildman–Crippen MR) is 120 cm³/mol. The van der Waals surface area contributed by atoms with Gasteiger partial charge in [-0.15, -0.1) is 0 Å². The fourth-order valence-corrected chi connectivity index (χ4v) is 6.91. The lowest BCUT2D eigenvalue weighted by molar-refractivity contribution is -0.196. The monoisotopic (exact) mass is 490 g/mol. The standard InChI is InChI=1S/C23H26N2O8S/c1-25(2)16-15-18(28)12-9(7-34-3)8-5-4-6-10(26)11(8)17(27)13(12)20(30)23(15,33)21(31)14(19(16)29)22(24)32/h4-6,9,12-16,18,26,28,33H,7H2,1-3H3,(H2,24,32)/t9-,12?,13?,14?,15?,16-,18-,23-/m0/s1. The maximum atomic E-state index is 13.8. The lowest BCUT2D eigenvalue weighted by Gasteiger charge is -2.56. The smallest absolute Gasteiger partial charge is 0.235 e. The molecule has 34 heavy (non-hydrogen) atoms. The topological polar surface area (TPSA) is 175 Å². The lowest BCUT2D eigenvalue weighted by atomic mass is 9.49. The number of Topliss-reactive ketones (excluding diaryl/α,β-unsaturated/α-hetero) is 4. The molecule has 0 saturated heterocycles. The number of nitrogens with two attached hydrogens (primary N) is 1. The average Bonchev–Trinajstić information content (AvgIpc) is 2.75. The van der Waals surface area contributed by atoms with Gasteiger partial charge in [-0.3, -0.25) is 28.9 Å². The van der Waals surface area contributed by atoms with Crippen LogP contribution in [0.1, 0.15) is 21.8 Å². The number of fused-ring (bicyclic) bond motifs is 3. The summed E-state index contributed by atoms with van der Waals surface area (Å²) < 4.78 is 0. The summed E-state index contributed by atoms with van der Waals surface area (Å²) in [6, 6.07) is 3.10. The number of rotatable bonds is 4. The van der Waals surface area contributed by atoms with E-state index in [0.29, 0.717) is 11.3 Å². The average molecular weight is 491 g/mol. The molecule has 0 aliphatic heterocycles. The number of carbonyl (C=O) groups is 5. The number of aliphatic hydroxyl groups excluding tert-OH is 1. The molecule has 8 atom stereocenters. The first-order valence-corrected chi connectivity index (χ1v) is 12.1. The van der Waals surface area contributed by atoms with E-state index in [1.54, 1.807) is 18.4 Å². The highest BCUT2D eigenvalue weighted by Crippen LogP contribution is 2.54. The number of ketones is 4. The van der Waals surface area contributed by atoms with Crippen molar-refractivity contribution in [3.05, 3.63) is 29.3 Å². The SMILES string of the molecule is CSC[C@H]1c2cccc(O)c2C(=O)C2C(=O)[C@]3(O)C(=O)C(C(N)=O)C(=O)[C@@H](N(C)C)C3[C@@H](O)C21. The summed E-state index contributed by atoms with van der Waals surface area (Å²) in [7, 11) is 2.91. The van der Waals surface area contributed by atoms with Crippen LogP contribution < -0.4 is 5.73 Å². The number of benzene rings is 1. The van der Waals surface area contributed by atoms with Crippen molar-refractivity contribution in [3.63, 3.8) is 0 Å². The number of aromatic hydroxyl groups is 1. The molecule has 0 heterocycles. The number of hydrogen-bond donors (Lipinski definition) is 4. The third-order valence-electron chi connectivity index (χ3n) is 7.50. The van der Waals surface area contributed by atoms with Gasteiger partial charge >= 0.3 is 0 Å². The fourth-order valence-electron chi connectivity index (χ4n) is 6.15. The van der Waals surface area contributed by atoms with Crippen LogP contribution in [0.3, 0.4) is 0 Å². The van der Waals surface area contributed by atoms with E-state index in [2.05, 4.69) is 0 Å². The molecule has 1 aromatic rings. The highest BCUT2D eigenvalue weighted by atomic mass is 32.2. The predicted octanol–water partition coefficient (Wildman–Crippen LogP) is -1.26. The van der Waals surface area contributed by atoms with Crippen molar-refractivity contribution in [2.24, 2.45) is 29.4 Å². The van der Waals surface area contributed by atoms with Gasteiger partial charge in [0.05, 0.1) is 29.5 Å². The normalized spacial score (nSPS) is 37.3. The zero-order valence-electron chi connectivity index (χ0n) is 18.8. The van der Waals surface area contributed by atoms with Crippen LogP contribution in [-0.2, 0) is 19.2 Å². The molecule has 4 unspecified atom stereocenters. The van der Waals surface area contributed by atoms with Gasteiger partial charge in [0.15, 0.2) is 34.7 Å². The Morgan fingerprint density at radius 1 is 1.18 bits per heavy atom. The van der Waals surface area contributed by atoms with Gasteiger partial charge < -0.3 is 21.1 Å². The Bertz CT molecular complexity index is 1120. The van der Waals surface area contributed by atoms with E-state index in [0.717, 1.165) is 0 Å². The number of likely N-dealkylation sites (N-methyl/N-ethyl adjacent to an activating group) is 1. The van der Waals surface area contributed by atoms with Gasteiger partial charge in [-0.2, -0.15) is 11.8 Å². The molecule has 2 saturated carbocycles. The summed E-state index contributed by atoms with van der Waals surface area (Å²) in [5.74, 6) is -12.7. The summed E-state index contributed by atoms with van der Waals surface area (Å²) in [4.78, 5) is 67.1. The van der Waals surface area contributed by atoms with Crippen LogP contribution >= 0.6 is 11.8 Å². The third-order valence-corrected chi connectivity index (χ3v) is 8.19. The Hall–Kier alpha value is -2.60. The van der Waals surface area contributed by atoms with Crippen LogP contribution in [0.25, 0.3) is 0 Å². The number of hydrogen-bond acceptors (Lipinski definition) is 10. The van der Waals surface area contributed by atoms with Gasteiger partial charge in [-0.1, -0.05) is 12.1 Å². The molecule has 5 N–H and O–H groups in total. The van der Waals surface area contributed by atoms with E-state index >= 15 is 0 Å². The zero-order chi connectivity index (χ0) is 25.3. The minimum absolute atomic E-state index is 0.0969. The molecule has 3 aliphatic rings. The number of aliphatic hydroxyl groups is 2. The maximum absolute atomic E-state index is 13.8. The summed E-state index contributed by atoms with van der Waals surface area (Å²) in [6.07, 6.45) is 0.174. The van der Waals surface area contributed by atoms with Crippen molar-refractivity contribution in [3.8, 4) is 5.75 Å². The second kappa shape index (κ2) is 8.26. The van der Waals surface area contributed by atoms with Crippen molar-refractivity contribution >= 4 is 40.8 Å². The van der Waals surface area contributed by atoms with Gasteiger partial charge in [0, 0.05) is 17.6 Å². The summed E-state index contributed by atoms with van der Waals surface area (Å²) in [6.45, 7) is 0. The van der Waals surface area contributed by atoms with Gasteiger partial charge in [0.1, 0.15) is 5.75 Å². The minimum atomic E-state index is -2.98.